The van der Waals surface area contributed by atoms with Crippen LogP contribution in [-0.4, -0.2) is 9.97 Å². The fourth-order valence-electron chi connectivity index (χ4n) is 1.58. The molecular weight excluding hydrogens is 253 g/mol. The molecule has 0 amide bonds. The molecule has 0 aliphatic rings. The zero-order valence-electron chi connectivity index (χ0n) is 9.95. The topological polar surface area (TPSA) is 37.8 Å². The van der Waals surface area contributed by atoms with Gasteiger partial charge in [-0.3, -0.25) is 0 Å². The van der Waals surface area contributed by atoms with Gasteiger partial charge in [-0.15, -0.1) is 0 Å². The van der Waals surface area contributed by atoms with Gasteiger partial charge in [-0.25, -0.2) is 14.4 Å². The SMILES string of the molecule is CCCc1nc(Cl)cc(Nc2cccc(F)c2)n1. The summed E-state index contributed by atoms with van der Waals surface area (Å²) in [4.78, 5) is 8.44. The van der Waals surface area contributed by atoms with Crippen LogP contribution in [0.5, 0.6) is 0 Å². The molecule has 0 unspecified atom stereocenters. The third-order valence-electron chi connectivity index (χ3n) is 2.31. The summed E-state index contributed by atoms with van der Waals surface area (Å²) in [6.07, 6.45) is 1.71. The largest absolute Gasteiger partial charge is 0.340 e. The van der Waals surface area contributed by atoms with Crippen LogP contribution in [0.1, 0.15) is 19.2 Å². The molecule has 1 heterocycles. The van der Waals surface area contributed by atoms with Crippen molar-refractivity contribution in [2.24, 2.45) is 0 Å². The molecule has 0 bridgehead atoms. The molecule has 0 radical (unpaired) electrons. The van der Waals surface area contributed by atoms with Crippen molar-refractivity contribution in [3.05, 3.63) is 47.1 Å². The third kappa shape index (κ3) is 3.40. The average Bonchev–Trinajstić information content (AvgIpc) is 2.28. The summed E-state index contributed by atoms with van der Waals surface area (Å²) in [6, 6.07) is 7.80. The lowest BCUT2D eigenvalue weighted by molar-refractivity contribution is 0.628. The van der Waals surface area contributed by atoms with E-state index in [2.05, 4.69) is 15.3 Å². The Hall–Kier alpha value is -1.68. The van der Waals surface area contributed by atoms with Crippen molar-refractivity contribution in [1.82, 2.24) is 9.97 Å². The predicted molar refractivity (Wildman–Crippen MR) is 70.7 cm³/mol. The van der Waals surface area contributed by atoms with Crippen molar-refractivity contribution >= 4 is 23.1 Å². The van der Waals surface area contributed by atoms with Gasteiger partial charge in [0.15, 0.2) is 0 Å². The van der Waals surface area contributed by atoms with E-state index in [9.17, 15) is 4.39 Å². The zero-order chi connectivity index (χ0) is 13.0. The van der Waals surface area contributed by atoms with E-state index < -0.39 is 0 Å². The number of aryl methyl sites for hydroxylation is 1. The summed E-state index contributed by atoms with van der Waals surface area (Å²) in [7, 11) is 0. The van der Waals surface area contributed by atoms with E-state index in [-0.39, 0.29) is 5.82 Å². The second-order valence-electron chi connectivity index (χ2n) is 3.88. The predicted octanol–water partition coefficient (Wildman–Crippen LogP) is 3.97. The highest BCUT2D eigenvalue weighted by Gasteiger charge is 2.03. The van der Waals surface area contributed by atoms with Gasteiger partial charge in [0.05, 0.1) is 0 Å². The summed E-state index contributed by atoms with van der Waals surface area (Å²) in [5.74, 6) is 0.960. The van der Waals surface area contributed by atoms with E-state index in [4.69, 9.17) is 11.6 Å². The minimum Gasteiger partial charge on any atom is -0.340 e. The Morgan fingerprint density at radius 3 is 2.83 bits per heavy atom. The minimum absolute atomic E-state index is 0.297. The number of halogens is 2. The van der Waals surface area contributed by atoms with Crippen molar-refractivity contribution in [2.75, 3.05) is 5.32 Å². The molecule has 0 saturated heterocycles. The van der Waals surface area contributed by atoms with Gasteiger partial charge in [0.2, 0.25) is 0 Å². The molecule has 0 fully saturated rings. The van der Waals surface area contributed by atoms with Gasteiger partial charge in [-0.05, 0) is 24.6 Å². The van der Waals surface area contributed by atoms with Gasteiger partial charge in [-0.2, -0.15) is 0 Å². The normalized spacial score (nSPS) is 10.4. The molecule has 0 aliphatic heterocycles. The van der Waals surface area contributed by atoms with E-state index in [0.29, 0.717) is 22.5 Å². The molecule has 1 aromatic carbocycles. The van der Waals surface area contributed by atoms with Gasteiger partial charge in [-0.1, -0.05) is 24.6 Å². The highest BCUT2D eigenvalue weighted by atomic mass is 35.5. The first-order valence-electron chi connectivity index (χ1n) is 5.73. The fourth-order valence-corrected chi connectivity index (χ4v) is 1.78. The second kappa shape index (κ2) is 5.78. The molecule has 2 rings (SSSR count). The van der Waals surface area contributed by atoms with Crippen molar-refractivity contribution in [3.8, 4) is 0 Å². The van der Waals surface area contributed by atoms with E-state index >= 15 is 0 Å². The van der Waals surface area contributed by atoms with Crippen LogP contribution in [0.3, 0.4) is 0 Å². The van der Waals surface area contributed by atoms with E-state index in [1.165, 1.54) is 12.1 Å². The summed E-state index contributed by atoms with van der Waals surface area (Å²) < 4.78 is 13.1. The molecule has 0 saturated carbocycles. The third-order valence-corrected chi connectivity index (χ3v) is 2.51. The van der Waals surface area contributed by atoms with Gasteiger partial charge < -0.3 is 5.32 Å². The minimum atomic E-state index is -0.297. The Labute approximate surface area is 110 Å². The first-order valence-corrected chi connectivity index (χ1v) is 6.11. The molecule has 18 heavy (non-hydrogen) atoms. The van der Waals surface area contributed by atoms with Crippen molar-refractivity contribution in [2.45, 2.75) is 19.8 Å². The van der Waals surface area contributed by atoms with Crippen LogP contribution in [0.4, 0.5) is 15.9 Å². The molecular formula is C13H13ClFN3. The number of anilines is 2. The van der Waals surface area contributed by atoms with Crippen molar-refractivity contribution in [3.63, 3.8) is 0 Å². The summed E-state index contributed by atoms with van der Waals surface area (Å²) in [6.45, 7) is 2.05. The van der Waals surface area contributed by atoms with E-state index in [0.717, 1.165) is 12.8 Å². The molecule has 0 aliphatic carbocycles. The zero-order valence-corrected chi connectivity index (χ0v) is 10.7. The van der Waals surface area contributed by atoms with Crippen LogP contribution < -0.4 is 5.32 Å². The molecule has 5 heteroatoms. The van der Waals surface area contributed by atoms with Crippen molar-refractivity contribution < 1.29 is 4.39 Å². The van der Waals surface area contributed by atoms with E-state index in [1.807, 2.05) is 6.92 Å². The second-order valence-corrected chi connectivity index (χ2v) is 4.26. The van der Waals surface area contributed by atoms with Gasteiger partial charge in [0.1, 0.15) is 22.6 Å². The maximum absolute atomic E-state index is 13.1. The highest BCUT2D eigenvalue weighted by Crippen LogP contribution is 2.18. The van der Waals surface area contributed by atoms with Crippen LogP contribution in [0, 0.1) is 5.82 Å². The number of nitrogens with one attached hydrogen (secondary N) is 1. The molecule has 94 valence electrons. The maximum Gasteiger partial charge on any atom is 0.135 e. The Balaban J connectivity index is 2.23. The number of hydrogen-bond donors (Lipinski definition) is 1. The van der Waals surface area contributed by atoms with Crippen LogP contribution in [0.2, 0.25) is 5.15 Å². The Morgan fingerprint density at radius 1 is 1.28 bits per heavy atom. The Bertz CT molecular complexity index is 546. The number of benzene rings is 1. The van der Waals surface area contributed by atoms with Crippen LogP contribution in [0.15, 0.2) is 30.3 Å². The summed E-state index contributed by atoms with van der Waals surface area (Å²) in [5, 5.41) is 3.39. The van der Waals surface area contributed by atoms with Crippen LogP contribution in [-0.2, 0) is 6.42 Å². The highest BCUT2D eigenvalue weighted by molar-refractivity contribution is 6.29. The molecule has 1 N–H and O–H groups in total. The first-order chi connectivity index (χ1) is 8.67. The molecule has 3 nitrogen and oxygen atoms in total. The molecule has 0 spiro atoms. The Kier molecular flexibility index (Phi) is 4.10. The average molecular weight is 266 g/mol. The number of rotatable bonds is 4. The van der Waals surface area contributed by atoms with Crippen LogP contribution >= 0.6 is 11.6 Å². The van der Waals surface area contributed by atoms with Gasteiger partial charge in [0.25, 0.3) is 0 Å². The lowest BCUT2D eigenvalue weighted by Crippen LogP contribution is -2.00. The Morgan fingerprint density at radius 2 is 2.11 bits per heavy atom. The van der Waals surface area contributed by atoms with Crippen LogP contribution in [0.25, 0.3) is 0 Å². The lowest BCUT2D eigenvalue weighted by Gasteiger charge is -2.07. The van der Waals surface area contributed by atoms with E-state index in [1.54, 1.807) is 18.2 Å². The smallest absolute Gasteiger partial charge is 0.135 e. The molecule has 1 aromatic heterocycles. The van der Waals surface area contributed by atoms with Gasteiger partial charge in [0, 0.05) is 18.2 Å². The summed E-state index contributed by atoms with van der Waals surface area (Å²) >= 11 is 5.92. The summed E-state index contributed by atoms with van der Waals surface area (Å²) in [5.41, 5.74) is 0.632. The molecule has 0 atom stereocenters. The fraction of sp³-hybridized carbons (Fsp3) is 0.231. The lowest BCUT2D eigenvalue weighted by atomic mass is 10.3. The van der Waals surface area contributed by atoms with Crippen molar-refractivity contribution in [1.29, 1.82) is 0 Å². The van der Waals surface area contributed by atoms with Gasteiger partial charge >= 0.3 is 0 Å². The quantitative estimate of drug-likeness (QED) is 0.850. The molecule has 2 aromatic rings. The monoisotopic (exact) mass is 265 g/mol. The number of hydrogen-bond acceptors (Lipinski definition) is 3. The number of nitrogens with zero attached hydrogens (tertiary/aromatic N) is 2. The number of aromatic nitrogens is 2. The standard InChI is InChI=1S/C13H13ClFN3/c1-2-4-12-17-11(14)8-13(18-12)16-10-6-3-5-9(15)7-10/h3,5-8H,2,4H2,1H3,(H,16,17,18). The first kappa shape index (κ1) is 12.8. The maximum atomic E-state index is 13.1.